The quantitative estimate of drug-likeness (QED) is 0.595. The fourth-order valence-electron chi connectivity index (χ4n) is 1.81. The smallest absolute Gasteiger partial charge is 0.157 e. The molecule has 0 saturated heterocycles. The molecule has 0 heterocycles. The lowest BCUT2D eigenvalue weighted by Crippen LogP contribution is -2.22. The molecule has 0 spiro atoms. The summed E-state index contributed by atoms with van der Waals surface area (Å²) in [5.41, 5.74) is 1.94. The number of benzene rings is 1. The molecule has 116 valence electrons. The number of hydrogen-bond acceptors (Lipinski definition) is 2. The highest BCUT2D eigenvalue weighted by Crippen LogP contribution is 2.08. The van der Waals surface area contributed by atoms with Crippen molar-refractivity contribution < 1.29 is 9.18 Å². The summed E-state index contributed by atoms with van der Waals surface area (Å²) >= 11 is 0. The van der Waals surface area contributed by atoms with E-state index in [0.717, 1.165) is 30.4 Å². The Kier molecular flexibility index (Phi) is 9.86. The van der Waals surface area contributed by atoms with E-state index >= 15 is 0 Å². The van der Waals surface area contributed by atoms with Gasteiger partial charge in [0, 0.05) is 17.8 Å². The topological polar surface area (TPSA) is 29.1 Å². The summed E-state index contributed by atoms with van der Waals surface area (Å²) in [6.07, 6.45) is 4.39. The van der Waals surface area contributed by atoms with Gasteiger partial charge in [-0.2, -0.15) is 0 Å². The van der Waals surface area contributed by atoms with Crippen molar-refractivity contribution in [3.8, 4) is 0 Å². The first kappa shape index (κ1) is 19.1. The summed E-state index contributed by atoms with van der Waals surface area (Å²) in [7, 11) is 0. The van der Waals surface area contributed by atoms with Crippen LogP contribution in [0.25, 0.3) is 0 Å². The van der Waals surface area contributed by atoms with Crippen molar-refractivity contribution in [3.05, 3.63) is 60.6 Å². The van der Waals surface area contributed by atoms with Crippen LogP contribution in [0.3, 0.4) is 0 Å². The zero-order valence-corrected chi connectivity index (χ0v) is 13.3. The van der Waals surface area contributed by atoms with Crippen molar-refractivity contribution in [2.75, 3.05) is 0 Å². The Labute approximate surface area is 127 Å². The lowest BCUT2D eigenvalue weighted by atomic mass is 10.1. The second kappa shape index (κ2) is 10.8. The van der Waals surface area contributed by atoms with Gasteiger partial charge < -0.3 is 5.32 Å². The third kappa shape index (κ3) is 8.08. The molecule has 0 fully saturated rings. The molecule has 1 aromatic rings. The number of nitrogens with one attached hydrogen (secondary N) is 1. The maximum Gasteiger partial charge on any atom is 0.157 e. The fraction of sp³-hybridized carbons (Fsp3) is 0.389. The van der Waals surface area contributed by atoms with E-state index < -0.39 is 0 Å². The Morgan fingerprint density at radius 3 is 2.38 bits per heavy atom. The molecule has 1 atom stereocenters. The molecule has 1 rings (SSSR count). The predicted molar refractivity (Wildman–Crippen MR) is 87.6 cm³/mol. The van der Waals surface area contributed by atoms with Crippen LogP contribution >= 0.6 is 0 Å². The van der Waals surface area contributed by atoms with E-state index in [1.807, 2.05) is 25.3 Å². The Balaban J connectivity index is 0.00000191. The van der Waals surface area contributed by atoms with Gasteiger partial charge >= 0.3 is 0 Å². The monoisotopic (exact) mass is 291 g/mol. The average molecular weight is 291 g/mol. The van der Waals surface area contributed by atoms with Gasteiger partial charge in [0.05, 0.1) is 0 Å². The SMILES string of the molecule is C=C.CC/C(=C/NC(C)CCc1ccc(F)cc1)C(C)=O. The first-order valence-electron chi connectivity index (χ1n) is 7.23. The number of carbonyl (C=O) groups excluding carboxylic acids is 1. The van der Waals surface area contributed by atoms with E-state index in [2.05, 4.69) is 25.4 Å². The van der Waals surface area contributed by atoms with E-state index in [1.165, 1.54) is 12.1 Å². The molecule has 1 unspecified atom stereocenters. The molecule has 0 aliphatic carbocycles. The fourth-order valence-corrected chi connectivity index (χ4v) is 1.81. The van der Waals surface area contributed by atoms with Gasteiger partial charge in [-0.1, -0.05) is 19.1 Å². The van der Waals surface area contributed by atoms with Crippen molar-refractivity contribution in [1.82, 2.24) is 5.32 Å². The summed E-state index contributed by atoms with van der Waals surface area (Å²) < 4.78 is 12.8. The van der Waals surface area contributed by atoms with Crippen LogP contribution in [0.15, 0.2) is 49.2 Å². The molecule has 1 N–H and O–H groups in total. The molecule has 3 heteroatoms. The zero-order chi connectivity index (χ0) is 16.3. The third-order valence-corrected chi connectivity index (χ3v) is 3.15. The maximum absolute atomic E-state index is 12.8. The van der Waals surface area contributed by atoms with E-state index in [4.69, 9.17) is 0 Å². The minimum Gasteiger partial charge on any atom is -0.388 e. The van der Waals surface area contributed by atoms with Crippen LogP contribution in [-0.2, 0) is 11.2 Å². The van der Waals surface area contributed by atoms with Gasteiger partial charge in [0.25, 0.3) is 0 Å². The van der Waals surface area contributed by atoms with Crippen molar-refractivity contribution in [1.29, 1.82) is 0 Å². The van der Waals surface area contributed by atoms with Crippen molar-refractivity contribution in [2.45, 2.75) is 46.1 Å². The minimum absolute atomic E-state index is 0.112. The number of hydrogen-bond donors (Lipinski definition) is 1. The van der Waals surface area contributed by atoms with E-state index in [0.29, 0.717) is 0 Å². The number of allylic oxidation sites excluding steroid dienone is 1. The third-order valence-electron chi connectivity index (χ3n) is 3.15. The van der Waals surface area contributed by atoms with Crippen LogP contribution in [0.1, 0.15) is 39.2 Å². The molecular formula is C18H26FNO. The van der Waals surface area contributed by atoms with Gasteiger partial charge in [0.2, 0.25) is 0 Å². The number of halogens is 1. The molecule has 1 aromatic carbocycles. The number of ketones is 1. The van der Waals surface area contributed by atoms with Gasteiger partial charge in [0.1, 0.15) is 5.82 Å². The minimum atomic E-state index is -0.202. The van der Waals surface area contributed by atoms with E-state index in [-0.39, 0.29) is 17.6 Å². The Morgan fingerprint density at radius 1 is 1.33 bits per heavy atom. The predicted octanol–water partition coefficient (Wildman–Crippen LogP) is 4.42. The van der Waals surface area contributed by atoms with Crippen LogP contribution in [0.5, 0.6) is 0 Å². The Morgan fingerprint density at radius 2 is 1.90 bits per heavy atom. The molecule has 0 radical (unpaired) electrons. The summed E-state index contributed by atoms with van der Waals surface area (Å²) in [5.74, 6) is -0.0902. The van der Waals surface area contributed by atoms with Gasteiger partial charge in [0.15, 0.2) is 5.78 Å². The average Bonchev–Trinajstić information content (AvgIpc) is 2.49. The molecule has 0 aliphatic rings. The summed E-state index contributed by atoms with van der Waals surface area (Å²) in [6.45, 7) is 11.6. The van der Waals surface area contributed by atoms with E-state index in [1.54, 1.807) is 6.92 Å². The highest BCUT2D eigenvalue weighted by atomic mass is 19.1. The second-order valence-electron chi connectivity index (χ2n) is 4.81. The first-order valence-corrected chi connectivity index (χ1v) is 7.23. The molecule has 0 amide bonds. The highest BCUT2D eigenvalue weighted by molar-refractivity contribution is 5.92. The number of Topliss-reactive ketones (excluding diaryl/α,β-unsaturated/α-hetero) is 1. The number of rotatable bonds is 7. The molecule has 0 bridgehead atoms. The molecule has 0 aromatic heterocycles. The normalized spacial score (nSPS) is 12.1. The largest absolute Gasteiger partial charge is 0.388 e. The van der Waals surface area contributed by atoms with Crippen LogP contribution in [0.2, 0.25) is 0 Å². The molecule has 0 saturated carbocycles. The van der Waals surface area contributed by atoms with Crippen LogP contribution < -0.4 is 5.32 Å². The lowest BCUT2D eigenvalue weighted by molar-refractivity contribution is -0.113. The van der Waals surface area contributed by atoms with Gasteiger partial charge in [-0.3, -0.25) is 4.79 Å². The van der Waals surface area contributed by atoms with Crippen LogP contribution in [0.4, 0.5) is 4.39 Å². The molecule has 21 heavy (non-hydrogen) atoms. The lowest BCUT2D eigenvalue weighted by Gasteiger charge is -2.13. The Bertz CT molecular complexity index is 451. The first-order chi connectivity index (χ1) is 10.0. The van der Waals surface area contributed by atoms with Crippen LogP contribution in [0, 0.1) is 5.82 Å². The maximum atomic E-state index is 12.8. The highest BCUT2D eigenvalue weighted by Gasteiger charge is 2.03. The summed E-state index contributed by atoms with van der Waals surface area (Å²) in [4.78, 5) is 11.3. The number of carbonyl (C=O) groups is 1. The van der Waals surface area contributed by atoms with Crippen molar-refractivity contribution >= 4 is 5.78 Å². The van der Waals surface area contributed by atoms with Gasteiger partial charge in [-0.25, -0.2) is 4.39 Å². The molecule has 2 nitrogen and oxygen atoms in total. The standard InChI is InChI=1S/C16H22FNO.C2H4/c1-4-15(13(3)19)11-18-12(2)5-6-14-7-9-16(17)10-8-14;1-2/h7-12,18H,4-6H2,1-3H3;1-2H2/b15-11-;. The van der Waals surface area contributed by atoms with Gasteiger partial charge in [-0.15, -0.1) is 13.2 Å². The summed E-state index contributed by atoms with van der Waals surface area (Å²) in [5, 5.41) is 3.24. The molecule has 0 aliphatic heterocycles. The molecular weight excluding hydrogens is 265 g/mol. The van der Waals surface area contributed by atoms with Crippen molar-refractivity contribution in [2.24, 2.45) is 0 Å². The zero-order valence-electron chi connectivity index (χ0n) is 13.3. The summed E-state index contributed by atoms with van der Waals surface area (Å²) in [6, 6.07) is 6.87. The Hall–Kier alpha value is -1.90. The van der Waals surface area contributed by atoms with Gasteiger partial charge in [-0.05, 0) is 50.8 Å². The number of aryl methyl sites for hydroxylation is 1. The van der Waals surface area contributed by atoms with E-state index in [9.17, 15) is 9.18 Å². The van der Waals surface area contributed by atoms with Crippen LogP contribution in [-0.4, -0.2) is 11.8 Å². The second-order valence-corrected chi connectivity index (χ2v) is 4.81. The van der Waals surface area contributed by atoms with Crippen molar-refractivity contribution in [3.63, 3.8) is 0 Å².